The van der Waals surface area contributed by atoms with E-state index in [4.69, 9.17) is 4.74 Å². The molecule has 0 amide bonds. The molecule has 0 spiro atoms. The van der Waals surface area contributed by atoms with Gasteiger partial charge in [-0.3, -0.25) is 9.59 Å². The summed E-state index contributed by atoms with van der Waals surface area (Å²) >= 11 is 0. The van der Waals surface area contributed by atoms with Crippen molar-refractivity contribution in [1.29, 1.82) is 0 Å². The smallest absolute Gasteiger partial charge is 0.312 e. The van der Waals surface area contributed by atoms with Crippen LogP contribution in [0.2, 0.25) is 0 Å². The Morgan fingerprint density at radius 2 is 2.06 bits per heavy atom. The Kier molecular flexibility index (Phi) is 4.04. The summed E-state index contributed by atoms with van der Waals surface area (Å²) in [5, 5.41) is 0. The van der Waals surface area contributed by atoms with E-state index in [9.17, 15) is 14.4 Å². The molecule has 2 atom stereocenters. The first-order valence-corrected chi connectivity index (χ1v) is 5.19. The summed E-state index contributed by atoms with van der Waals surface area (Å²) in [5.74, 6) is -1.04. The Balaban J connectivity index is 2.79. The van der Waals surface area contributed by atoms with Gasteiger partial charge in [0.1, 0.15) is 6.29 Å². The van der Waals surface area contributed by atoms with E-state index in [0.717, 1.165) is 0 Å². The third kappa shape index (κ3) is 2.23. The third-order valence-corrected chi connectivity index (χ3v) is 3.24. The van der Waals surface area contributed by atoms with Gasteiger partial charge in [-0.15, -0.1) is 0 Å². The van der Waals surface area contributed by atoms with Gasteiger partial charge in [-0.25, -0.2) is 0 Å². The minimum Gasteiger partial charge on any atom is -0.469 e. The second-order valence-electron chi connectivity index (χ2n) is 4.11. The van der Waals surface area contributed by atoms with Crippen molar-refractivity contribution in [3.8, 4) is 0 Å². The van der Waals surface area contributed by atoms with Crippen LogP contribution in [0.3, 0.4) is 0 Å². The molecule has 1 aliphatic carbocycles. The molecule has 1 rings (SSSR count). The lowest BCUT2D eigenvalue weighted by atomic mass is 9.82. The second-order valence-corrected chi connectivity index (χ2v) is 4.11. The Labute approximate surface area is 94.1 Å². The highest BCUT2D eigenvalue weighted by atomic mass is 16.5. The summed E-state index contributed by atoms with van der Waals surface area (Å²) in [6.45, 7) is 0. The molecular weight excluding hydrogens is 212 g/mol. The molecule has 0 aromatic heterocycles. The van der Waals surface area contributed by atoms with E-state index in [0.29, 0.717) is 25.5 Å². The fourth-order valence-electron chi connectivity index (χ4n) is 2.32. The molecule has 0 aromatic carbocycles. The molecule has 5 nitrogen and oxygen atoms in total. The lowest BCUT2D eigenvalue weighted by molar-refractivity contribution is -0.154. The molecule has 0 aliphatic heterocycles. The number of esters is 2. The zero-order chi connectivity index (χ0) is 12.2. The van der Waals surface area contributed by atoms with E-state index < -0.39 is 11.4 Å². The van der Waals surface area contributed by atoms with Crippen LogP contribution in [0, 0.1) is 11.3 Å². The van der Waals surface area contributed by atoms with Crippen LogP contribution in [0.1, 0.15) is 25.7 Å². The highest BCUT2D eigenvalue weighted by Gasteiger charge is 2.48. The fraction of sp³-hybridized carbons (Fsp3) is 0.727. The quantitative estimate of drug-likeness (QED) is 0.523. The van der Waals surface area contributed by atoms with Crippen molar-refractivity contribution in [3.63, 3.8) is 0 Å². The molecular formula is C11H16O5. The average molecular weight is 228 g/mol. The third-order valence-electron chi connectivity index (χ3n) is 3.24. The van der Waals surface area contributed by atoms with Crippen LogP contribution in [0.25, 0.3) is 0 Å². The van der Waals surface area contributed by atoms with E-state index in [1.54, 1.807) is 0 Å². The van der Waals surface area contributed by atoms with Crippen molar-refractivity contribution < 1.29 is 23.9 Å². The van der Waals surface area contributed by atoms with Gasteiger partial charge in [0.15, 0.2) is 0 Å². The molecule has 0 radical (unpaired) electrons. The van der Waals surface area contributed by atoms with Crippen LogP contribution < -0.4 is 0 Å². The minimum atomic E-state index is -0.824. The first kappa shape index (κ1) is 12.7. The van der Waals surface area contributed by atoms with E-state index in [2.05, 4.69) is 4.74 Å². The maximum Gasteiger partial charge on any atom is 0.312 e. The Morgan fingerprint density at radius 1 is 1.38 bits per heavy atom. The molecule has 0 N–H and O–H groups in total. The molecule has 2 unspecified atom stereocenters. The number of aldehydes is 1. The van der Waals surface area contributed by atoms with Crippen LogP contribution in [-0.2, 0) is 23.9 Å². The summed E-state index contributed by atoms with van der Waals surface area (Å²) in [4.78, 5) is 33.6. The van der Waals surface area contributed by atoms with Gasteiger partial charge in [-0.05, 0) is 19.3 Å². The number of hydrogen-bond donors (Lipinski definition) is 0. The molecule has 1 fully saturated rings. The summed E-state index contributed by atoms with van der Waals surface area (Å²) in [5.41, 5.74) is -0.824. The molecule has 0 bridgehead atoms. The van der Waals surface area contributed by atoms with Gasteiger partial charge in [0, 0.05) is 6.42 Å². The number of methoxy groups -OCH3 is 2. The maximum atomic E-state index is 11.6. The molecule has 1 aliphatic rings. The van der Waals surface area contributed by atoms with Crippen molar-refractivity contribution in [2.24, 2.45) is 11.3 Å². The van der Waals surface area contributed by atoms with Crippen molar-refractivity contribution in [1.82, 2.24) is 0 Å². The van der Waals surface area contributed by atoms with E-state index in [1.165, 1.54) is 14.2 Å². The molecule has 90 valence electrons. The molecule has 0 saturated heterocycles. The Morgan fingerprint density at radius 3 is 2.56 bits per heavy atom. The summed E-state index contributed by atoms with van der Waals surface area (Å²) in [6.07, 6.45) is 2.21. The van der Waals surface area contributed by atoms with E-state index in [-0.39, 0.29) is 18.3 Å². The normalized spacial score (nSPS) is 28.5. The molecule has 0 aromatic rings. The number of hydrogen-bond acceptors (Lipinski definition) is 5. The zero-order valence-corrected chi connectivity index (χ0v) is 9.52. The standard InChI is InChI=1S/C11H16O5/c1-15-9(13)8-3-4-11(7-8,5-6-12)10(14)16-2/h6,8H,3-5,7H2,1-2H3. The summed E-state index contributed by atoms with van der Waals surface area (Å²) in [6, 6.07) is 0. The molecule has 16 heavy (non-hydrogen) atoms. The highest BCUT2D eigenvalue weighted by molar-refractivity contribution is 5.82. The summed E-state index contributed by atoms with van der Waals surface area (Å²) < 4.78 is 9.34. The van der Waals surface area contributed by atoms with Gasteiger partial charge in [-0.2, -0.15) is 0 Å². The summed E-state index contributed by atoms with van der Waals surface area (Å²) in [7, 11) is 2.61. The van der Waals surface area contributed by atoms with E-state index >= 15 is 0 Å². The Hall–Kier alpha value is -1.39. The topological polar surface area (TPSA) is 69.7 Å². The van der Waals surface area contributed by atoms with Crippen LogP contribution >= 0.6 is 0 Å². The predicted octanol–water partition coefficient (Wildman–Crippen LogP) is 0.708. The average Bonchev–Trinajstić information content (AvgIpc) is 2.73. The molecule has 0 heterocycles. The first-order chi connectivity index (χ1) is 7.59. The lowest BCUT2D eigenvalue weighted by Gasteiger charge is -2.23. The first-order valence-electron chi connectivity index (χ1n) is 5.19. The number of rotatable bonds is 4. The predicted molar refractivity (Wildman–Crippen MR) is 54.5 cm³/mol. The number of ether oxygens (including phenoxy) is 2. The van der Waals surface area contributed by atoms with Gasteiger partial charge < -0.3 is 14.3 Å². The SMILES string of the molecule is COC(=O)C1CCC(CC=O)(C(=O)OC)C1. The van der Waals surface area contributed by atoms with Crippen molar-refractivity contribution >= 4 is 18.2 Å². The van der Waals surface area contributed by atoms with Gasteiger partial charge in [0.2, 0.25) is 0 Å². The molecule has 1 saturated carbocycles. The fourth-order valence-corrected chi connectivity index (χ4v) is 2.32. The van der Waals surface area contributed by atoms with Crippen LogP contribution in [0.4, 0.5) is 0 Å². The molecule has 5 heteroatoms. The number of carbonyl (C=O) groups is 3. The van der Waals surface area contributed by atoms with Gasteiger partial charge in [0.25, 0.3) is 0 Å². The van der Waals surface area contributed by atoms with Gasteiger partial charge >= 0.3 is 11.9 Å². The largest absolute Gasteiger partial charge is 0.469 e. The van der Waals surface area contributed by atoms with Crippen LogP contribution in [-0.4, -0.2) is 32.4 Å². The van der Waals surface area contributed by atoms with Gasteiger partial charge in [-0.1, -0.05) is 0 Å². The monoisotopic (exact) mass is 228 g/mol. The highest BCUT2D eigenvalue weighted by Crippen LogP contribution is 2.45. The maximum absolute atomic E-state index is 11.6. The van der Waals surface area contributed by atoms with Crippen molar-refractivity contribution in [2.45, 2.75) is 25.7 Å². The van der Waals surface area contributed by atoms with Gasteiger partial charge in [0.05, 0.1) is 25.6 Å². The van der Waals surface area contributed by atoms with Crippen molar-refractivity contribution in [2.75, 3.05) is 14.2 Å². The minimum absolute atomic E-state index is 0.104. The number of carbonyl (C=O) groups excluding carboxylic acids is 3. The van der Waals surface area contributed by atoms with Crippen molar-refractivity contribution in [3.05, 3.63) is 0 Å². The Bertz CT molecular complexity index is 299. The van der Waals surface area contributed by atoms with Crippen LogP contribution in [0.15, 0.2) is 0 Å². The van der Waals surface area contributed by atoms with Crippen LogP contribution in [0.5, 0.6) is 0 Å². The van der Waals surface area contributed by atoms with E-state index in [1.807, 2.05) is 0 Å². The second kappa shape index (κ2) is 5.09. The zero-order valence-electron chi connectivity index (χ0n) is 9.52. The lowest BCUT2D eigenvalue weighted by Crippen LogP contribution is -2.31.